The van der Waals surface area contributed by atoms with Crippen LogP contribution in [0.2, 0.25) is 0 Å². The van der Waals surface area contributed by atoms with Crippen molar-refractivity contribution in [3.63, 3.8) is 0 Å². The van der Waals surface area contributed by atoms with E-state index in [1.54, 1.807) is 0 Å². The molecule has 0 atom stereocenters. The Labute approximate surface area is 163 Å². The lowest BCUT2D eigenvalue weighted by Gasteiger charge is -2.36. The van der Waals surface area contributed by atoms with Gasteiger partial charge in [0, 0.05) is 25.6 Å². The van der Waals surface area contributed by atoms with Crippen molar-refractivity contribution in [2.45, 2.75) is 57.0 Å². The van der Waals surface area contributed by atoms with Crippen molar-refractivity contribution < 1.29 is 9.53 Å². The SMILES string of the molecule is Cl.NCCCOC1CCN(C(=O)C2CCC(c3ccccc3)CC2)CC1. The number of carbonyl (C=O) groups is 1. The summed E-state index contributed by atoms with van der Waals surface area (Å²) in [6.45, 7) is 3.14. The Bertz CT molecular complexity index is 524. The van der Waals surface area contributed by atoms with Gasteiger partial charge in [-0.1, -0.05) is 30.3 Å². The molecule has 1 amide bonds. The molecular weight excluding hydrogens is 348 g/mol. The molecule has 1 aromatic carbocycles. The molecular formula is C21H33ClN2O2. The van der Waals surface area contributed by atoms with E-state index in [2.05, 4.69) is 35.2 Å². The predicted molar refractivity (Wildman–Crippen MR) is 108 cm³/mol. The van der Waals surface area contributed by atoms with E-state index in [9.17, 15) is 4.79 Å². The van der Waals surface area contributed by atoms with Gasteiger partial charge in [0.1, 0.15) is 0 Å². The lowest BCUT2D eigenvalue weighted by atomic mass is 9.78. The molecule has 2 fully saturated rings. The van der Waals surface area contributed by atoms with Crippen LogP contribution < -0.4 is 5.73 Å². The van der Waals surface area contributed by atoms with E-state index in [1.807, 2.05) is 0 Å². The van der Waals surface area contributed by atoms with Crippen molar-refractivity contribution in [1.29, 1.82) is 0 Å². The molecule has 26 heavy (non-hydrogen) atoms. The number of hydrogen-bond acceptors (Lipinski definition) is 3. The first-order valence-corrected chi connectivity index (χ1v) is 9.93. The second-order valence-electron chi connectivity index (χ2n) is 7.50. The van der Waals surface area contributed by atoms with Crippen molar-refractivity contribution in [1.82, 2.24) is 4.90 Å². The second kappa shape index (κ2) is 10.9. The summed E-state index contributed by atoms with van der Waals surface area (Å²) in [5.41, 5.74) is 6.94. The van der Waals surface area contributed by atoms with E-state index in [0.717, 1.165) is 64.6 Å². The summed E-state index contributed by atoms with van der Waals surface area (Å²) in [5.74, 6) is 1.24. The van der Waals surface area contributed by atoms with Crippen molar-refractivity contribution >= 4 is 18.3 Å². The van der Waals surface area contributed by atoms with Crippen molar-refractivity contribution in [3.05, 3.63) is 35.9 Å². The van der Waals surface area contributed by atoms with E-state index >= 15 is 0 Å². The number of rotatable bonds is 6. The molecule has 1 aromatic rings. The summed E-state index contributed by atoms with van der Waals surface area (Å²) in [5, 5.41) is 0. The third kappa shape index (κ3) is 5.70. The van der Waals surface area contributed by atoms with Crippen molar-refractivity contribution in [2.24, 2.45) is 11.7 Å². The summed E-state index contributed by atoms with van der Waals surface area (Å²) in [7, 11) is 0. The smallest absolute Gasteiger partial charge is 0.225 e. The molecule has 1 heterocycles. The van der Waals surface area contributed by atoms with Crippen LogP contribution in [0.25, 0.3) is 0 Å². The third-order valence-corrected chi connectivity index (χ3v) is 5.80. The maximum Gasteiger partial charge on any atom is 0.225 e. The van der Waals surface area contributed by atoms with Crippen LogP contribution >= 0.6 is 12.4 Å². The number of piperidine rings is 1. The molecule has 0 spiro atoms. The van der Waals surface area contributed by atoms with Crippen LogP contribution in [-0.2, 0) is 9.53 Å². The number of halogens is 1. The average molecular weight is 381 g/mol. The zero-order valence-corrected chi connectivity index (χ0v) is 16.5. The minimum absolute atomic E-state index is 0. The lowest BCUT2D eigenvalue weighted by molar-refractivity contribution is -0.139. The normalized spacial score (nSPS) is 24.1. The van der Waals surface area contributed by atoms with Crippen LogP contribution in [0.3, 0.4) is 0 Å². The zero-order valence-electron chi connectivity index (χ0n) is 15.6. The van der Waals surface area contributed by atoms with E-state index in [-0.39, 0.29) is 18.3 Å². The van der Waals surface area contributed by atoms with Crippen LogP contribution in [0, 0.1) is 5.92 Å². The fourth-order valence-corrected chi connectivity index (χ4v) is 4.23. The molecule has 146 valence electrons. The average Bonchev–Trinajstić information content (AvgIpc) is 2.69. The van der Waals surface area contributed by atoms with Gasteiger partial charge in [-0.3, -0.25) is 4.79 Å². The minimum Gasteiger partial charge on any atom is -0.378 e. The molecule has 0 aromatic heterocycles. The monoisotopic (exact) mass is 380 g/mol. The zero-order chi connectivity index (χ0) is 17.5. The van der Waals surface area contributed by atoms with Gasteiger partial charge in [0.2, 0.25) is 5.91 Å². The van der Waals surface area contributed by atoms with Gasteiger partial charge < -0.3 is 15.4 Å². The highest BCUT2D eigenvalue weighted by atomic mass is 35.5. The fourth-order valence-electron chi connectivity index (χ4n) is 4.23. The Morgan fingerprint density at radius 3 is 2.31 bits per heavy atom. The Hall–Kier alpha value is -1.10. The Morgan fingerprint density at radius 1 is 1.04 bits per heavy atom. The first kappa shape index (κ1) is 21.2. The van der Waals surface area contributed by atoms with E-state index in [1.165, 1.54) is 5.56 Å². The van der Waals surface area contributed by atoms with Crippen LogP contribution in [0.4, 0.5) is 0 Å². The minimum atomic E-state index is 0. The number of likely N-dealkylation sites (tertiary alicyclic amines) is 1. The molecule has 2 N–H and O–H groups in total. The standard InChI is InChI=1S/C21H32N2O2.ClH/c22-13-4-16-25-20-11-14-23(15-12-20)21(24)19-9-7-18(8-10-19)17-5-2-1-3-6-17;/h1-3,5-6,18-20H,4,7-16,22H2;1H. The first-order valence-electron chi connectivity index (χ1n) is 9.93. The summed E-state index contributed by atoms with van der Waals surface area (Å²) in [4.78, 5) is 14.9. The molecule has 0 unspecified atom stereocenters. The molecule has 5 heteroatoms. The van der Waals surface area contributed by atoms with Crippen LogP contribution in [-0.4, -0.2) is 43.2 Å². The fraction of sp³-hybridized carbons (Fsp3) is 0.667. The van der Waals surface area contributed by atoms with Gasteiger partial charge in [-0.05, 0) is 63.0 Å². The number of nitrogens with zero attached hydrogens (tertiary/aromatic N) is 1. The van der Waals surface area contributed by atoms with E-state index in [0.29, 0.717) is 24.5 Å². The number of amides is 1. The molecule has 0 radical (unpaired) electrons. The number of benzene rings is 1. The van der Waals surface area contributed by atoms with Crippen LogP contribution in [0.1, 0.15) is 56.4 Å². The molecule has 2 aliphatic rings. The summed E-state index contributed by atoms with van der Waals surface area (Å²) < 4.78 is 5.84. The number of carbonyl (C=O) groups excluding carboxylic acids is 1. The maximum absolute atomic E-state index is 12.8. The Morgan fingerprint density at radius 2 is 1.69 bits per heavy atom. The largest absolute Gasteiger partial charge is 0.378 e. The van der Waals surface area contributed by atoms with E-state index in [4.69, 9.17) is 10.5 Å². The number of ether oxygens (including phenoxy) is 1. The summed E-state index contributed by atoms with van der Waals surface area (Å²) in [6.07, 6.45) is 7.51. The highest BCUT2D eigenvalue weighted by Crippen LogP contribution is 2.36. The number of nitrogens with two attached hydrogens (primary N) is 1. The molecule has 4 nitrogen and oxygen atoms in total. The van der Waals surface area contributed by atoms with Gasteiger partial charge in [-0.2, -0.15) is 0 Å². The van der Waals surface area contributed by atoms with Gasteiger partial charge in [-0.25, -0.2) is 0 Å². The highest BCUT2D eigenvalue weighted by molar-refractivity contribution is 5.85. The molecule has 0 bridgehead atoms. The summed E-state index contributed by atoms with van der Waals surface area (Å²) in [6, 6.07) is 10.8. The van der Waals surface area contributed by atoms with Gasteiger partial charge in [0.05, 0.1) is 6.10 Å². The molecule has 1 saturated carbocycles. The number of hydrogen-bond donors (Lipinski definition) is 1. The molecule has 3 rings (SSSR count). The van der Waals surface area contributed by atoms with Gasteiger partial charge in [-0.15, -0.1) is 12.4 Å². The summed E-state index contributed by atoms with van der Waals surface area (Å²) >= 11 is 0. The third-order valence-electron chi connectivity index (χ3n) is 5.80. The quantitative estimate of drug-likeness (QED) is 0.765. The van der Waals surface area contributed by atoms with Crippen molar-refractivity contribution in [3.8, 4) is 0 Å². The van der Waals surface area contributed by atoms with Gasteiger partial charge in [0.15, 0.2) is 0 Å². The van der Waals surface area contributed by atoms with Gasteiger partial charge >= 0.3 is 0 Å². The van der Waals surface area contributed by atoms with Gasteiger partial charge in [0.25, 0.3) is 0 Å². The molecule has 1 aliphatic carbocycles. The van der Waals surface area contributed by atoms with Crippen LogP contribution in [0.5, 0.6) is 0 Å². The molecule has 1 aliphatic heterocycles. The van der Waals surface area contributed by atoms with E-state index < -0.39 is 0 Å². The Balaban J connectivity index is 0.00000243. The molecule has 1 saturated heterocycles. The topological polar surface area (TPSA) is 55.6 Å². The highest BCUT2D eigenvalue weighted by Gasteiger charge is 2.31. The van der Waals surface area contributed by atoms with Crippen molar-refractivity contribution in [2.75, 3.05) is 26.2 Å². The maximum atomic E-state index is 12.8. The second-order valence-corrected chi connectivity index (χ2v) is 7.50. The predicted octanol–water partition coefficient (Wildman–Crippen LogP) is 3.74. The lowest BCUT2D eigenvalue weighted by Crippen LogP contribution is -2.44. The Kier molecular flexibility index (Phi) is 8.89. The first-order chi connectivity index (χ1) is 12.3. The van der Waals surface area contributed by atoms with Crippen LogP contribution in [0.15, 0.2) is 30.3 Å².